The van der Waals surface area contributed by atoms with E-state index in [-0.39, 0.29) is 17.6 Å². The summed E-state index contributed by atoms with van der Waals surface area (Å²) < 4.78 is 15.9. The Labute approximate surface area is 269 Å². The van der Waals surface area contributed by atoms with Crippen LogP contribution in [0.25, 0.3) is 11.0 Å². The first-order valence-corrected chi connectivity index (χ1v) is 16.1. The van der Waals surface area contributed by atoms with Crippen LogP contribution in [0.2, 0.25) is 5.02 Å². The van der Waals surface area contributed by atoms with Crippen LogP contribution in [-0.4, -0.2) is 71.6 Å². The molecule has 4 aromatic carbocycles. The number of benzene rings is 4. The van der Waals surface area contributed by atoms with Crippen LogP contribution in [0.1, 0.15) is 40.2 Å². The van der Waals surface area contributed by atoms with Gasteiger partial charge in [0.25, 0.3) is 5.91 Å². The van der Waals surface area contributed by atoms with Gasteiger partial charge >= 0.3 is 0 Å². The fraction of sp³-hybridized carbons (Fsp3) is 0.297. The van der Waals surface area contributed by atoms with E-state index in [1.54, 1.807) is 0 Å². The fourth-order valence-corrected chi connectivity index (χ4v) is 6.50. The largest absolute Gasteiger partial charge is 0.341 e. The quantitative estimate of drug-likeness (QED) is 0.163. The molecule has 5 aromatic rings. The van der Waals surface area contributed by atoms with E-state index in [0.29, 0.717) is 23.7 Å². The Balaban J connectivity index is 1.15. The van der Waals surface area contributed by atoms with Crippen LogP contribution in [0.4, 0.5) is 10.3 Å². The molecule has 0 saturated carbocycles. The Bertz CT molecular complexity index is 1720. The van der Waals surface area contributed by atoms with Crippen LogP contribution < -0.4 is 4.90 Å². The summed E-state index contributed by atoms with van der Waals surface area (Å²) in [5, 5.41) is 0.712. The fourth-order valence-electron chi connectivity index (χ4n) is 6.30. The van der Waals surface area contributed by atoms with Crippen molar-refractivity contribution in [1.82, 2.24) is 19.4 Å². The molecule has 0 spiro atoms. The number of anilines is 1. The summed E-state index contributed by atoms with van der Waals surface area (Å²) in [6, 6.07) is 32.4. The number of rotatable bonds is 10. The summed E-state index contributed by atoms with van der Waals surface area (Å²) in [4.78, 5) is 25.0. The van der Waals surface area contributed by atoms with E-state index >= 15 is 0 Å². The van der Waals surface area contributed by atoms with E-state index in [2.05, 4.69) is 32.6 Å². The molecule has 45 heavy (non-hydrogen) atoms. The van der Waals surface area contributed by atoms with Gasteiger partial charge in [-0.05, 0) is 85.6 Å². The second-order valence-corrected chi connectivity index (χ2v) is 12.3. The van der Waals surface area contributed by atoms with Gasteiger partial charge in [0.05, 0.1) is 17.6 Å². The lowest BCUT2D eigenvalue weighted by Gasteiger charge is -2.28. The van der Waals surface area contributed by atoms with E-state index in [1.807, 2.05) is 84.7 Å². The van der Waals surface area contributed by atoms with Crippen molar-refractivity contribution in [3.63, 3.8) is 0 Å². The predicted molar refractivity (Wildman–Crippen MR) is 181 cm³/mol. The zero-order valence-electron chi connectivity index (χ0n) is 25.7. The zero-order chi connectivity index (χ0) is 31.2. The van der Waals surface area contributed by atoms with Crippen molar-refractivity contribution in [3.8, 4) is 0 Å². The molecule has 6 nitrogen and oxygen atoms in total. The molecule has 232 valence electrons. The van der Waals surface area contributed by atoms with E-state index in [4.69, 9.17) is 16.6 Å². The highest BCUT2D eigenvalue weighted by molar-refractivity contribution is 6.30. The van der Waals surface area contributed by atoms with Crippen molar-refractivity contribution in [3.05, 3.63) is 131 Å². The van der Waals surface area contributed by atoms with Crippen LogP contribution in [0, 0.1) is 5.82 Å². The van der Waals surface area contributed by atoms with Crippen LogP contribution in [-0.2, 0) is 6.54 Å². The summed E-state index contributed by atoms with van der Waals surface area (Å²) in [5.74, 6) is 0.909. The lowest BCUT2D eigenvalue weighted by molar-refractivity contribution is 0.0782. The SMILES string of the molecule is CN(CC(CCN1CCCN(c2nc3ccccc3n2Cc2ccc(F)cc2)CC1)c1cccc(Cl)c1)C(=O)c1ccccc1. The van der Waals surface area contributed by atoms with E-state index in [0.717, 1.165) is 73.7 Å². The summed E-state index contributed by atoms with van der Waals surface area (Å²) in [6.45, 7) is 5.85. The maximum atomic E-state index is 13.6. The minimum atomic E-state index is -0.228. The maximum absolute atomic E-state index is 13.6. The Morgan fingerprint density at radius 3 is 2.49 bits per heavy atom. The normalized spacial score (nSPS) is 14.8. The number of para-hydroxylation sites is 2. The minimum absolute atomic E-state index is 0.0246. The van der Waals surface area contributed by atoms with Gasteiger partial charge in [-0.25, -0.2) is 9.37 Å². The summed E-state index contributed by atoms with van der Waals surface area (Å²) >= 11 is 6.41. The monoisotopic (exact) mass is 623 g/mol. The number of carbonyl (C=O) groups is 1. The molecule has 2 heterocycles. The molecule has 1 aliphatic heterocycles. The molecule has 8 heteroatoms. The van der Waals surface area contributed by atoms with Gasteiger partial charge in [0.2, 0.25) is 5.95 Å². The predicted octanol–water partition coefficient (Wildman–Crippen LogP) is 7.34. The van der Waals surface area contributed by atoms with Crippen LogP contribution in [0.3, 0.4) is 0 Å². The lowest BCUT2D eigenvalue weighted by Crippen LogP contribution is -2.35. The van der Waals surface area contributed by atoms with Crippen molar-refractivity contribution in [2.75, 3.05) is 51.2 Å². The third-order valence-electron chi connectivity index (χ3n) is 8.74. The highest BCUT2D eigenvalue weighted by atomic mass is 35.5. The first kappa shape index (κ1) is 30.8. The first-order chi connectivity index (χ1) is 21.9. The number of imidazole rings is 1. The molecule has 1 unspecified atom stereocenters. The standard InChI is InChI=1S/C37H39ClFN5O/c1-41(36(45)29-9-3-2-4-10-29)27-31(30-11-7-12-32(38)25-30)19-22-42-20-8-21-43(24-23-42)37-40-34-13-5-6-14-35(34)44(37)26-28-15-17-33(39)18-16-28/h2-7,9-18,25,31H,8,19-24,26-27H2,1H3. The van der Waals surface area contributed by atoms with Gasteiger partial charge in [-0.1, -0.05) is 66.2 Å². The molecule has 1 aliphatic rings. The van der Waals surface area contributed by atoms with Crippen molar-refractivity contribution in [1.29, 1.82) is 0 Å². The Kier molecular flexibility index (Phi) is 9.77. The van der Waals surface area contributed by atoms with E-state index in [9.17, 15) is 9.18 Å². The second kappa shape index (κ2) is 14.3. The number of nitrogens with zero attached hydrogens (tertiary/aromatic N) is 5. The molecule has 1 atom stereocenters. The molecule has 1 saturated heterocycles. The van der Waals surface area contributed by atoms with Crippen LogP contribution in [0.15, 0.2) is 103 Å². The van der Waals surface area contributed by atoms with Gasteiger partial charge in [-0.15, -0.1) is 0 Å². The minimum Gasteiger partial charge on any atom is -0.341 e. The Hall–Kier alpha value is -4.20. The number of hydrogen-bond donors (Lipinski definition) is 0. The molecule has 0 radical (unpaired) electrons. The van der Waals surface area contributed by atoms with Crippen LogP contribution in [0.5, 0.6) is 0 Å². The van der Waals surface area contributed by atoms with E-state index < -0.39 is 0 Å². The number of halogens is 2. The Morgan fingerprint density at radius 1 is 0.911 bits per heavy atom. The number of fused-ring (bicyclic) bond motifs is 1. The molecular formula is C37H39ClFN5O. The average Bonchev–Trinajstić information content (AvgIpc) is 3.25. The summed E-state index contributed by atoms with van der Waals surface area (Å²) in [6.07, 6.45) is 1.93. The average molecular weight is 624 g/mol. The highest BCUT2D eigenvalue weighted by Gasteiger charge is 2.24. The third kappa shape index (κ3) is 7.55. The number of hydrogen-bond acceptors (Lipinski definition) is 4. The zero-order valence-corrected chi connectivity index (χ0v) is 26.4. The first-order valence-electron chi connectivity index (χ1n) is 15.7. The summed E-state index contributed by atoms with van der Waals surface area (Å²) in [5.41, 5.74) is 4.94. The van der Waals surface area contributed by atoms with Crippen molar-refractivity contribution in [2.24, 2.45) is 0 Å². The van der Waals surface area contributed by atoms with Gasteiger partial charge in [0.15, 0.2) is 0 Å². The molecule has 1 fully saturated rings. The van der Waals surface area contributed by atoms with Gasteiger partial charge in [-0.2, -0.15) is 0 Å². The van der Waals surface area contributed by atoms with Gasteiger partial charge in [-0.3, -0.25) is 4.79 Å². The third-order valence-corrected chi connectivity index (χ3v) is 8.97. The number of amides is 1. The van der Waals surface area contributed by atoms with Gasteiger partial charge in [0.1, 0.15) is 5.82 Å². The molecule has 0 N–H and O–H groups in total. The molecule has 6 rings (SSSR count). The smallest absolute Gasteiger partial charge is 0.253 e. The highest BCUT2D eigenvalue weighted by Crippen LogP contribution is 2.27. The van der Waals surface area contributed by atoms with Crippen molar-refractivity contribution >= 4 is 34.5 Å². The second-order valence-electron chi connectivity index (χ2n) is 11.9. The van der Waals surface area contributed by atoms with Gasteiger partial charge < -0.3 is 19.3 Å². The number of likely N-dealkylation sites (N-methyl/N-ethyl adjacent to an activating group) is 1. The molecule has 1 aromatic heterocycles. The molecule has 0 aliphatic carbocycles. The number of carbonyl (C=O) groups excluding carboxylic acids is 1. The summed E-state index contributed by atoms with van der Waals surface area (Å²) in [7, 11) is 1.88. The maximum Gasteiger partial charge on any atom is 0.253 e. The van der Waals surface area contributed by atoms with Crippen LogP contribution >= 0.6 is 11.6 Å². The van der Waals surface area contributed by atoms with Crippen molar-refractivity contribution in [2.45, 2.75) is 25.3 Å². The van der Waals surface area contributed by atoms with E-state index in [1.165, 1.54) is 12.1 Å². The van der Waals surface area contributed by atoms with Gasteiger partial charge in [0, 0.05) is 49.7 Å². The Morgan fingerprint density at radius 2 is 1.69 bits per heavy atom. The molecule has 0 bridgehead atoms. The van der Waals surface area contributed by atoms with Crippen molar-refractivity contribution < 1.29 is 9.18 Å². The lowest BCUT2D eigenvalue weighted by atomic mass is 9.94. The molecular weight excluding hydrogens is 585 g/mol. The molecule has 1 amide bonds. The number of aromatic nitrogens is 2. The topological polar surface area (TPSA) is 44.6 Å².